The Balaban J connectivity index is 1.44. The van der Waals surface area contributed by atoms with Crippen LogP contribution in [-0.2, 0) is 9.59 Å². The average Bonchev–Trinajstić information content (AvgIpc) is 3.59. The maximum atomic E-state index is 14.0. The van der Waals surface area contributed by atoms with Gasteiger partial charge in [0.05, 0.1) is 12.1 Å². The standard InChI is InChI=1S/C28H35N5O2S/c1-18(29-2)25(34)31-23(20-12-7-4-8-13-20)28(35)33-17-9-14-22(33)26-32-24-21(15-16-30-27(24)36-26)19-10-5-3-6-11-19/h3,5-6,10-11,15-16,18,20,22-23,29H,4,7-9,12-14,17H2,1-2H3,(H,31,34)/t18-,22-,23-/m0/s1. The SMILES string of the molecule is CN[C@@H](C)C(=O)N[C@H](C(=O)N1CCC[C@H]1c1nc2c(-c3ccccc3)ccnc2s1)C1CCCCC1. The third-order valence-corrected chi connectivity index (χ3v) is 8.80. The average molecular weight is 506 g/mol. The summed E-state index contributed by atoms with van der Waals surface area (Å²) in [7, 11) is 1.77. The minimum absolute atomic E-state index is 0.0385. The normalized spacial score (nSPS) is 20.4. The number of carbonyl (C=O) groups is 2. The lowest BCUT2D eigenvalue weighted by Gasteiger charge is -2.35. The zero-order valence-corrected chi connectivity index (χ0v) is 21.9. The van der Waals surface area contributed by atoms with Crippen LogP contribution in [-0.4, -0.2) is 52.4 Å². The highest BCUT2D eigenvalue weighted by Gasteiger charge is 2.40. The molecule has 2 fully saturated rings. The lowest BCUT2D eigenvalue weighted by atomic mass is 9.83. The van der Waals surface area contributed by atoms with E-state index in [9.17, 15) is 9.59 Å². The van der Waals surface area contributed by atoms with Crippen LogP contribution in [0.25, 0.3) is 21.5 Å². The van der Waals surface area contributed by atoms with Gasteiger partial charge in [0.25, 0.3) is 0 Å². The predicted octanol–water partition coefficient (Wildman–Crippen LogP) is 4.69. The van der Waals surface area contributed by atoms with Crippen molar-refractivity contribution in [1.82, 2.24) is 25.5 Å². The summed E-state index contributed by atoms with van der Waals surface area (Å²) in [6.07, 6.45) is 9.04. The molecule has 2 aliphatic rings. The van der Waals surface area contributed by atoms with Gasteiger partial charge in [0.2, 0.25) is 11.8 Å². The number of hydrogen-bond donors (Lipinski definition) is 2. The van der Waals surface area contributed by atoms with Crippen molar-refractivity contribution in [2.45, 2.75) is 70.0 Å². The largest absolute Gasteiger partial charge is 0.343 e. The van der Waals surface area contributed by atoms with E-state index in [-0.39, 0.29) is 29.8 Å². The van der Waals surface area contributed by atoms with Gasteiger partial charge in [-0.15, -0.1) is 0 Å². The molecule has 1 saturated heterocycles. The monoisotopic (exact) mass is 505 g/mol. The molecule has 2 N–H and O–H groups in total. The first kappa shape index (κ1) is 24.8. The fourth-order valence-corrected chi connectivity index (χ4v) is 6.65. The molecule has 0 bridgehead atoms. The number of thiazole rings is 1. The molecule has 190 valence electrons. The van der Waals surface area contributed by atoms with E-state index in [1.54, 1.807) is 18.4 Å². The van der Waals surface area contributed by atoms with Crippen molar-refractivity contribution in [2.24, 2.45) is 5.92 Å². The van der Waals surface area contributed by atoms with E-state index >= 15 is 0 Å². The minimum atomic E-state index is -0.485. The second-order valence-corrected chi connectivity index (χ2v) is 11.0. The van der Waals surface area contributed by atoms with Crippen LogP contribution in [0, 0.1) is 5.92 Å². The number of likely N-dealkylation sites (tertiary alicyclic amines) is 1. The van der Waals surface area contributed by atoms with Crippen molar-refractivity contribution in [1.29, 1.82) is 0 Å². The zero-order valence-electron chi connectivity index (χ0n) is 21.1. The number of carbonyl (C=O) groups excluding carboxylic acids is 2. The van der Waals surface area contributed by atoms with Gasteiger partial charge in [0.15, 0.2) is 0 Å². The number of amides is 2. The molecule has 0 spiro atoms. The number of aromatic nitrogens is 2. The van der Waals surface area contributed by atoms with Gasteiger partial charge in [-0.05, 0) is 57.2 Å². The Morgan fingerprint density at radius 2 is 1.83 bits per heavy atom. The molecule has 7 nitrogen and oxygen atoms in total. The Morgan fingerprint density at radius 1 is 1.06 bits per heavy atom. The number of rotatable bonds is 7. The van der Waals surface area contributed by atoms with Crippen LogP contribution in [0.5, 0.6) is 0 Å². The Labute approximate surface area is 216 Å². The smallest absolute Gasteiger partial charge is 0.246 e. The molecule has 1 aromatic carbocycles. The van der Waals surface area contributed by atoms with Crippen LogP contribution in [0.3, 0.4) is 0 Å². The molecule has 1 saturated carbocycles. The van der Waals surface area contributed by atoms with E-state index in [4.69, 9.17) is 4.98 Å². The number of nitrogens with one attached hydrogen (secondary N) is 2. The number of hydrogen-bond acceptors (Lipinski definition) is 6. The lowest BCUT2D eigenvalue weighted by Crippen LogP contribution is -2.55. The Morgan fingerprint density at radius 3 is 2.58 bits per heavy atom. The molecule has 36 heavy (non-hydrogen) atoms. The summed E-state index contributed by atoms with van der Waals surface area (Å²) in [5, 5.41) is 7.05. The van der Waals surface area contributed by atoms with E-state index in [2.05, 4.69) is 27.8 Å². The first-order valence-corrected chi connectivity index (χ1v) is 14.0. The molecular weight excluding hydrogens is 470 g/mol. The first-order valence-electron chi connectivity index (χ1n) is 13.2. The second-order valence-electron chi connectivity index (χ2n) is 10.0. The number of nitrogens with zero attached hydrogens (tertiary/aromatic N) is 3. The molecule has 3 atom stereocenters. The quantitative estimate of drug-likeness (QED) is 0.486. The highest BCUT2D eigenvalue weighted by Crippen LogP contribution is 2.39. The first-order chi connectivity index (χ1) is 17.6. The van der Waals surface area contributed by atoms with Crippen molar-refractivity contribution in [3.63, 3.8) is 0 Å². The fourth-order valence-electron chi connectivity index (χ4n) is 5.57. The van der Waals surface area contributed by atoms with Gasteiger partial charge in [0.1, 0.15) is 21.4 Å². The van der Waals surface area contributed by atoms with Crippen LogP contribution in [0.4, 0.5) is 0 Å². The molecule has 2 amide bonds. The molecule has 1 aliphatic heterocycles. The van der Waals surface area contributed by atoms with Gasteiger partial charge in [-0.1, -0.05) is 60.9 Å². The van der Waals surface area contributed by atoms with Gasteiger partial charge in [0, 0.05) is 18.3 Å². The van der Waals surface area contributed by atoms with Crippen molar-refractivity contribution in [2.75, 3.05) is 13.6 Å². The topological polar surface area (TPSA) is 87.2 Å². The molecule has 1 aliphatic carbocycles. The summed E-state index contributed by atoms with van der Waals surface area (Å²) < 4.78 is 0. The third-order valence-electron chi connectivity index (χ3n) is 7.73. The summed E-state index contributed by atoms with van der Waals surface area (Å²) in [6, 6.07) is 11.3. The Hall–Kier alpha value is -2.84. The number of fused-ring (bicyclic) bond motifs is 1. The molecule has 8 heteroatoms. The molecule has 0 radical (unpaired) electrons. The molecule has 5 rings (SSSR count). The lowest BCUT2D eigenvalue weighted by molar-refractivity contribution is -0.139. The molecule has 2 aromatic heterocycles. The summed E-state index contributed by atoms with van der Waals surface area (Å²) in [4.78, 5) is 39.4. The van der Waals surface area contributed by atoms with Crippen LogP contribution < -0.4 is 10.6 Å². The fraction of sp³-hybridized carbons (Fsp3) is 0.500. The van der Waals surface area contributed by atoms with Crippen molar-refractivity contribution in [3.05, 3.63) is 47.6 Å². The minimum Gasteiger partial charge on any atom is -0.343 e. The number of benzene rings is 1. The second kappa shape index (κ2) is 11.0. The van der Waals surface area contributed by atoms with Gasteiger partial charge in [-0.2, -0.15) is 0 Å². The predicted molar refractivity (Wildman–Crippen MR) is 144 cm³/mol. The van der Waals surface area contributed by atoms with Crippen LogP contribution in [0.2, 0.25) is 0 Å². The van der Waals surface area contributed by atoms with Gasteiger partial charge in [-0.3, -0.25) is 9.59 Å². The summed E-state index contributed by atoms with van der Waals surface area (Å²) in [6.45, 7) is 2.52. The Bertz CT molecular complexity index is 1210. The Kier molecular flexibility index (Phi) is 7.62. The molecule has 3 aromatic rings. The van der Waals surface area contributed by atoms with E-state index in [1.165, 1.54) is 6.42 Å². The van der Waals surface area contributed by atoms with Crippen molar-refractivity contribution >= 4 is 33.5 Å². The zero-order chi connectivity index (χ0) is 25.1. The van der Waals surface area contributed by atoms with Gasteiger partial charge < -0.3 is 15.5 Å². The summed E-state index contributed by atoms with van der Waals surface area (Å²) in [5.74, 6) is 0.104. The van der Waals surface area contributed by atoms with E-state index in [0.717, 1.165) is 65.0 Å². The van der Waals surface area contributed by atoms with Crippen molar-refractivity contribution in [3.8, 4) is 11.1 Å². The number of pyridine rings is 1. The third kappa shape index (κ3) is 5.02. The van der Waals surface area contributed by atoms with Gasteiger partial charge in [-0.25, -0.2) is 9.97 Å². The summed E-state index contributed by atoms with van der Waals surface area (Å²) >= 11 is 1.58. The summed E-state index contributed by atoms with van der Waals surface area (Å²) in [5.41, 5.74) is 3.06. The van der Waals surface area contributed by atoms with Crippen LogP contribution in [0.1, 0.15) is 62.9 Å². The van der Waals surface area contributed by atoms with E-state index in [0.29, 0.717) is 6.54 Å². The maximum absolute atomic E-state index is 14.0. The molecular formula is C28H35N5O2S. The highest BCUT2D eigenvalue weighted by atomic mass is 32.1. The van der Waals surface area contributed by atoms with Crippen LogP contribution in [0.15, 0.2) is 42.6 Å². The van der Waals surface area contributed by atoms with E-state index < -0.39 is 6.04 Å². The highest BCUT2D eigenvalue weighted by molar-refractivity contribution is 7.18. The number of likely N-dealkylation sites (N-methyl/N-ethyl adjacent to an activating group) is 1. The molecule has 0 unspecified atom stereocenters. The maximum Gasteiger partial charge on any atom is 0.246 e. The van der Waals surface area contributed by atoms with Crippen LogP contribution >= 0.6 is 11.3 Å². The van der Waals surface area contributed by atoms with Crippen molar-refractivity contribution < 1.29 is 9.59 Å². The van der Waals surface area contributed by atoms with Gasteiger partial charge >= 0.3 is 0 Å². The molecule has 3 heterocycles. The van der Waals surface area contributed by atoms with E-state index in [1.807, 2.05) is 42.3 Å².